The molecule has 1 aromatic heterocycles. The minimum Gasteiger partial charge on any atom is -0.480 e. The van der Waals surface area contributed by atoms with Crippen molar-refractivity contribution in [3.63, 3.8) is 0 Å². The number of nitrogens with two attached hydrogens (primary N) is 1. The van der Waals surface area contributed by atoms with Gasteiger partial charge in [-0.1, -0.05) is 12.1 Å². The summed E-state index contributed by atoms with van der Waals surface area (Å²) in [5.41, 5.74) is 5.46. The normalized spacial score (nSPS) is 12.3. The van der Waals surface area contributed by atoms with Crippen molar-refractivity contribution in [2.45, 2.75) is 6.04 Å². The van der Waals surface area contributed by atoms with E-state index in [9.17, 15) is 14.4 Å². The summed E-state index contributed by atoms with van der Waals surface area (Å²) in [6.07, 6.45) is 1.10. The van der Waals surface area contributed by atoms with Crippen LogP contribution in [0.3, 0.4) is 0 Å². The van der Waals surface area contributed by atoms with Crippen LogP contribution >= 0.6 is 0 Å². The van der Waals surface area contributed by atoms with Gasteiger partial charge in [0.2, 0.25) is 0 Å². The van der Waals surface area contributed by atoms with Crippen LogP contribution in [-0.4, -0.2) is 26.2 Å². The first-order chi connectivity index (χ1) is 8.52. The number of hydrogen-bond donors (Lipinski definition) is 3. The zero-order valence-corrected chi connectivity index (χ0v) is 9.12. The number of carboxylic acids is 1. The second-order valence-corrected chi connectivity index (χ2v) is 3.63. The fourth-order valence-electron chi connectivity index (χ4n) is 1.63. The Morgan fingerprint density at radius 2 is 2.11 bits per heavy atom. The van der Waals surface area contributed by atoms with Gasteiger partial charge in [0.15, 0.2) is 0 Å². The van der Waals surface area contributed by atoms with Crippen LogP contribution in [0.2, 0.25) is 0 Å². The number of carboxylic acid groups (broad SMARTS) is 1. The van der Waals surface area contributed by atoms with Gasteiger partial charge in [-0.3, -0.25) is 4.79 Å². The average molecular weight is 251 g/mol. The lowest BCUT2D eigenvalue weighted by Gasteiger charge is -2.09. The van der Waals surface area contributed by atoms with Gasteiger partial charge in [0, 0.05) is 11.1 Å². The highest BCUT2D eigenvalue weighted by Gasteiger charge is 2.24. The van der Waals surface area contributed by atoms with Crippen LogP contribution in [0.4, 0.5) is 4.39 Å². The van der Waals surface area contributed by atoms with Crippen LogP contribution in [0.1, 0.15) is 11.6 Å². The van der Waals surface area contributed by atoms with E-state index in [0.29, 0.717) is 4.85 Å². The van der Waals surface area contributed by atoms with E-state index in [1.165, 1.54) is 18.2 Å². The number of hydrogen-bond acceptors (Lipinski definition) is 4. The maximum Gasteiger partial charge on any atom is 0.325 e. The molecule has 0 bridgehead atoms. The zero-order chi connectivity index (χ0) is 13.3. The van der Waals surface area contributed by atoms with Gasteiger partial charge in [0.1, 0.15) is 17.6 Å². The van der Waals surface area contributed by atoms with Gasteiger partial charge < -0.3 is 16.0 Å². The van der Waals surface area contributed by atoms with Crippen molar-refractivity contribution in [3.05, 3.63) is 41.8 Å². The summed E-state index contributed by atoms with van der Waals surface area (Å²) in [6.45, 7) is 0. The highest BCUT2D eigenvalue weighted by molar-refractivity contribution is 5.79. The molecular weight excluding hydrogens is 241 g/mol. The van der Waals surface area contributed by atoms with Crippen molar-refractivity contribution in [2.75, 3.05) is 0 Å². The van der Waals surface area contributed by atoms with Gasteiger partial charge >= 0.3 is 5.97 Å². The Morgan fingerprint density at radius 1 is 1.44 bits per heavy atom. The number of aliphatic carboxylic acids is 1. The quantitative estimate of drug-likeness (QED) is 0.707. The molecular formula is C11H10FN3O3. The van der Waals surface area contributed by atoms with E-state index in [0.717, 1.165) is 6.20 Å². The molecule has 1 aromatic carbocycles. The Hall–Kier alpha value is -2.41. The van der Waals surface area contributed by atoms with Crippen LogP contribution in [0.25, 0.3) is 11.3 Å². The van der Waals surface area contributed by atoms with Crippen molar-refractivity contribution in [3.8, 4) is 11.3 Å². The molecule has 1 atom stereocenters. The van der Waals surface area contributed by atoms with E-state index in [-0.39, 0.29) is 16.8 Å². The Balaban J connectivity index is 2.61. The number of carbonyl (C=O) groups is 1. The number of aromatic nitrogens is 2. The van der Waals surface area contributed by atoms with Gasteiger partial charge in [-0.25, -0.2) is 4.39 Å². The molecule has 1 heterocycles. The highest BCUT2D eigenvalue weighted by atomic mass is 19.1. The summed E-state index contributed by atoms with van der Waals surface area (Å²) in [5.74, 6) is -1.90. The molecule has 2 aromatic rings. The van der Waals surface area contributed by atoms with E-state index in [2.05, 4.69) is 5.10 Å². The molecule has 0 aliphatic carbocycles. The van der Waals surface area contributed by atoms with Crippen molar-refractivity contribution in [2.24, 2.45) is 5.73 Å². The van der Waals surface area contributed by atoms with Gasteiger partial charge in [0.25, 0.3) is 0 Å². The molecule has 94 valence electrons. The fraction of sp³-hybridized carbons (Fsp3) is 0.0909. The van der Waals surface area contributed by atoms with Crippen molar-refractivity contribution >= 4 is 5.97 Å². The number of rotatable bonds is 3. The van der Waals surface area contributed by atoms with Gasteiger partial charge in [-0.2, -0.15) is 0 Å². The summed E-state index contributed by atoms with van der Waals surface area (Å²) in [4.78, 5) is 11.3. The first-order valence-electron chi connectivity index (χ1n) is 5.03. The van der Waals surface area contributed by atoms with Crippen molar-refractivity contribution < 1.29 is 19.5 Å². The van der Waals surface area contributed by atoms with Crippen LogP contribution in [0.5, 0.6) is 0 Å². The fourth-order valence-corrected chi connectivity index (χ4v) is 1.63. The Labute approximate surface area is 101 Å². The standard InChI is InChI=1S/C11H10FN3O3/c12-8-4-2-1-3-6(8)10-7(5-14-15(10)18)9(13)11(16)17/h1-5,9,18H,13H2,(H,16,17). The smallest absolute Gasteiger partial charge is 0.325 e. The third-order valence-electron chi connectivity index (χ3n) is 2.51. The Kier molecular flexibility index (Phi) is 2.99. The molecule has 0 saturated heterocycles. The van der Waals surface area contributed by atoms with Gasteiger partial charge in [-0.15, -0.1) is 9.94 Å². The van der Waals surface area contributed by atoms with E-state index < -0.39 is 17.8 Å². The number of benzene rings is 1. The molecule has 0 saturated carbocycles. The van der Waals surface area contributed by atoms with Gasteiger partial charge in [-0.05, 0) is 12.1 Å². The first-order valence-corrected chi connectivity index (χ1v) is 5.03. The molecule has 1 unspecified atom stereocenters. The van der Waals surface area contributed by atoms with Crippen LogP contribution < -0.4 is 5.73 Å². The Bertz CT molecular complexity index is 597. The number of halogens is 1. The molecule has 18 heavy (non-hydrogen) atoms. The van der Waals surface area contributed by atoms with E-state index in [1.54, 1.807) is 6.07 Å². The summed E-state index contributed by atoms with van der Waals surface area (Å²) in [7, 11) is 0. The monoisotopic (exact) mass is 251 g/mol. The predicted octanol–water partition coefficient (Wildman–Crippen LogP) is 1.01. The lowest BCUT2D eigenvalue weighted by atomic mass is 10.0. The predicted molar refractivity (Wildman–Crippen MR) is 59.4 cm³/mol. The number of nitrogens with zero attached hydrogens (tertiary/aromatic N) is 2. The molecule has 7 heteroatoms. The van der Waals surface area contributed by atoms with Crippen molar-refractivity contribution in [1.82, 2.24) is 9.94 Å². The summed E-state index contributed by atoms with van der Waals surface area (Å²) in [6, 6.07) is 4.24. The average Bonchev–Trinajstić information content (AvgIpc) is 2.71. The van der Waals surface area contributed by atoms with Crippen LogP contribution in [-0.2, 0) is 4.79 Å². The molecule has 2 rings (SSSR count). The maximum absolute atomic E-state index is 13.6. The summed E-state index contributed by atoms with van der Waals surface area (Å²) in [5, 5.41) is 21.9. The lowest BCUT2D eigenvalue weighted by molar-refractivity contribution is -0.138. The molecule has 0 aliphatic heterocycles. The second-order valence-electron chi connectivity index (χ2n) is 3.63. The second kappa shape index (κ2) is 4.46. The molecule has 6 nitrogen and oxygen atoms in total. The Morgan fingerprint density at radius 3 is 2.72 bits per heavy atom. The molecule has 4 N–H and O–H groups in total. The van der Waals surface area contributed by atoms with Crippen LogP contribution in [0, 0.1) is 5.82 Å². The van der Waals surface area contributed by atoms with E-state index in [4.69, 9.17) is 10.8 Å². The lowest BCUT2D eigenvalue weighted by Crippen LogP contribution is -2.21. The summed E-state index contributed by atoms with van der Waals surface area (Å²) >= 11 is 0. The van der Waals surface area contributed by atoms with Crippen molar-refractivity contribution in [1.29, 1.82) is 0 Å². The molecule has 0 radical (unpaired) electrons. The topological polar surface area (TPSA) is 101 Å². The van der Waals surface area contributed by atoms with E-state index in [1.807, 2.05) is 0 Å². The molecule has 0 aliphatic rings. The van der Waals surface area contributed by atoms with E-state index >= 15 is 0 Å². The zero-order valence-electron chi connectivity index (χ0n) is 9.12. The molecule has 0 fully saturated rings. The first kappa shape index (κ1) is 12.1. The molecule has 0 amide bonds. The van der Waals surface area contributed by atoms with Gasteiger partial charge in [0.05, 0.1) is 6.20 Å². The summed E-state index contributed by atoms with van der Waals surface area (Å²) < 4.78 is 13.6. The highest BCUT2D eigenvalue weighted by Crippen LogP contribution is 2.28. The maximum atomic E-state index is 13.6. The minimum absolute atomic E-state index is 0.0317. The minimum atomic E-state index is -1.39. The third-order valence-corrected chi connectivity index (χ3v) is 2.51. The largest absolute Gasteiger partial charge is 0.480 e. The third kappa shape index (κ3) is 1.91. The van der Waals surface area contributed by atoms with Crippen LogP contribution in [0.15, 0.2) is 30.5 Å². The SMILES string of the molecule is NC(C(=O)O)c1cnn(O)c1-c1ccccc1F. The molecule has 0 spiro atoms.